The Bertz CT molecular complexity index is 934. The summed E-state index contributed by atoms with van der Waals surface area (Å²) in [5, 5.41) is 13.7. The molecule has 0 aliphatic rings. The number of rotatable bonds is 3. The minimum Gasteiger partial charge on any atom is -0.410 e. The number of hydrogen-bond acceptors (Lipinski definition) is 3. The monoisotopic (exact) mass is 321 g/mol. The molecule has 5 nitrogen and oxygen atoms in total. The van der Waals surface area contributed by atoms with Gasteiger partial charge < -0.3 is 5.21 Å². The zero-order valence-electron chi connectivity index (χ0n) is 13.9. The van der Waals surface area contributed by atoms with E-state index in [1.807, 2.05) is 69.3 Å². The van der Waals surface area contributed by atoms with E-state index in [1.54, 1.807) is 4.68 Å². The van der Waals surface area contributed by atoms with Crippen LogP contribution in [-0.2, 0) is 4.79 Å². The van der Waals surface area contributed by atoms with Crippen LogP contribution >= 0.6 is 0 Å². The maximum absolute atomic E-state index is 12.7. The molecule has 5 heteroatoms. The van der Waals surface area contributed by atoms with Crippen LogP contribution < -0.4 is 5.43 Å². The molecule has 0 radical (unpaired) electrons. The summed E-state index contributed by atoms with van der Waals surface area (Å²) in [6, 6.07) is 15.4. The van der Waals surface area contributed by atoms with Crippen molar-refractivity contribution in [1.29, 1.82) is 0 Å². The van der Waals surface area contributed by atoms with Gasteiger partial charge in [0.05, 0.1) is 5.52 Å². The van der Waals surface area contributed by atoms with Crippen LogP contribution in [0.1, 0.15) is 22.4 Å². The summed E-state index contributed by atoms with van der Waals surface area (Å²) in [5.41, 5.74) is 7.02. The van der Waals surface area contributed by atoms with Crippen molar-refractivity contribution in [3.05, 3.63) is 70.9 Å². The van der Waals surface area contributed by atoms with E-state index in [-0.39, 0.29) is 5.71 Å². The van der Waals surface area contributed by atoms with Gasteiger partial charge in [0.15, 0.2) is 5.71 Å². The van der Waals surface area contributed by atoms with Crippen molar-refractivity contribution in [3.8, 4) is 0 Å². The van der Waals surface area contributed by atoms with Crippen LogP contribution in [0, 0.1) is 20.8 Å². The number of aromatic nitrogens is 1. The number of benzene rings is 2. The molecule has 0 aliphatic carbocycles. The second-order valence-electron chi connectivity index (χ2n) is 5.84. The quantitative estimate of drug-likeness (QED) is 0.440. The van der Waals surface area contributed by atoms with Crippen LogP contribution in [-0.4, -0.2) is 21.5 Å². The molecule has 3 rings (SSSR count). The first-order chi connectivity index (χ1) is 11.5. The first-order valence-corrected chi connectivity index (χ1v) is 7.70. The largest absolute Gasteiger partial charge is 0.410 e. The number of oxime groups is 1. The lowest BCUT2D eigenvalue weighted by atomic mass is 9.98. The predicted molar refractivity (Wildman–Crippen MR) is 95.3 cm³/mol. The molecule has 24 heavy (non-hydrogen) atoms. The van der Waals surface area contributed by atoms with E-state index in [9.17, 15) is 10.0 Å². The molecule has 0 aliphatic heterocycles. The zero-order chi connectivity index (χ0) is 17.3. The van der Waals surface area contributed by atoms with Crippen molar-refractivity contribution in [2.45, 2.75) is 20.8 Å². The van der Waals surface area contributed by atoms with Crippen LogP contribution in [0.4, 0.5) is 0 Å². The van der Waals surface area contributed by atoms with Gasteiger partial charge in [0.1, 0.15) is 0 Å². The summed E-state index contributed by atoms with van der Waals surface area (Å²) < 4.78 is 1.70. The van der Waals surface area contributed by atoms with Gasteiger partial charge in [-0.2, -0.15) is 0 Å². The van der Waals surface area contributed by atoms with Gasteiger partial charge >= 0.3 is 0 Å². The van der Waals surface area contributed by atoms with Gasteiger partial charge in [-0.15, -0.1) is 0 Å². The number of nitrogens with one attached hydrogen (secondary N) is 1. The third-order valence-corrected chi connectivity index (χ3v) is 4.14. The Balaban J connectivity index is 2.00. The van der Waals surface area contributed by atoms with Crippen molar-refractivity contribution < 1.29 is 10.0 Å². The highest BCUT2D eigenvalue weighted by molar-refractivity contribution is 6.48. The zero-order valence-corrected chi connectivity index (χ0v) is 13.9. The van der Waals surface area contributed by atoms with E-state index < -0.39 is 5.91 Å². The molecule has 122 valence electrons. The third-order valence-electron chi connectivity index (χ3n) is 4.14. The molecule has 2 N–H and O–H groups in total. The van der Waals surface area contributed by atoms with Crippen molar-refractivity contribution in [2.75, 3.05) is 5.43 Å². The van der Waals surface area contributed by atoms with Crippen molar-refractivity contribution >= 4 is 22.5 Å². The Labute approximate surface area is 140 Å². The lowest BCUT2D eigenvalue weighted by Crippen LogP contribution is -2.32. The molecule has 0 saturated carbocycles. The van der Waals surface area contributed by atoms with Crippen molar-refractivity contribution in [2.24, 2.45) is 5.16 Å². The Morgan fingerprint density at radius 1 is 1.04 bits per heavy atom. The molecule has 0 fully saturated rings. The Hall–Kier alpha value is -3.08. The number of para-hydroxylation sites is 1. The second-order valence-corrected chi connectivity index (χ2v) is 5.84. The smallest absolute Gasteiger partial charge is 0.292 e. The molecule has 3 aromatic rings. The molecular formula is C19H19N3O2. The normalized spacial score (nSPS) is 11.7. The van der Waals surface area contributed by atoms with E-state index in [4.69, 9.17) is 0 Å². The molecule has 2 aromatic carbocycles. The average Bonchev–Trinajstić information content (AvgIpc) is 2.87. The highest BCUT2D eigenvalue weighted by Gasteiger charge is 2.20. The van der Waals surface area contributed by atoms with Gasteiger partial charge in [0, 0.05) is 16.6 Å². The molecule has 1 heterocycles. The van der Waals surface area contributed by atoms with Gasteiger partial charge in [0.2, 0.25) is 0 Å². The van der Waals surface area contributed by atoms with Crippen LogP contribution in [0.2, 0.25) is 0 Å². The summed E-state index contributed by atoms with van der Waals surface area (Å²) in [5.74, 6) is -0.459. The van der Waals surface area contributed by atoms with Crippen molar-refractivity contribution in [3.63, 3.8) is 0 Å². The first kappa shape index (κ1) is 15.8. The number of nitrogens with zero attached hydrogens (tertiary/aromatic N) is 2. The van der Waals surface area contributed by atoms with E-state index in [2.05, 4.69) is 10.6 Å². The standard InChI is InChI=1S/C19H19N3O2/c1-12-7-6-8-13(2)17(12)18(21-24)19(23)20-22-14(3)11-15-9-4-5-10-16(15)22/h4-11,24H,1-3H3,(H,20,23). The Kier molecular flexibility index (Phi) is 4.08. The maximum atomic E-state index is 12.7. The van der Waals surface area contributed by atoms with Gasteiger partial charge in [0.25, 0.3) is 5.91 Å². The number of hydrogen-bond donors (Lipinski definition) is 2. The van der Waals surface area contributed by atoms with Crippen LogP contribution in [0.25, 0.3) is 10.9 Å². The molecule has 0 bridgehead atoms. The summed E-state index contributed by atoms with van der Waals surface area (Å²) in [4.78, 5) is 12.7. The van der Waals surface area contributed by atoms with Gasteiger partial charge in [-0.25, -0.2) is 0 Å². The fourth-order valence-electron chi connectivity index (χ4n) is 2.99. The first-order valence-electron chi connectivity index (χ1n) is 7.70. The maximum Gasteiger partial charge on any atom is 0.292 e. The summed E-state index contributed by atoms with van der Waals surface area (Å²) in [6.07, 6.45) is 0. The number of aryl methyl sites for hydroxylation is 3. The average molecular weight is 321 g/mol. The van der Waals surface area contributed by atoms with E-state index in [0.29, 0.717) is 5.56 Å². The summed E-state index contributed by atoms with van der Waals surface area (Å²) in [6.45, 7) is 5.68. The van der Waals surface area contributed by atoms with Crippen LogP contribution in [0.5, 0.6) is 0 Å². The van der Waals surface area contributed by atoms with Crippen molar-refractivity contribution in [1.82, 2.24) is 4.68 Å². The molecule has 1 aromatic heterocycles. The fourth-order valence-corrected chi connectivity index (χ4v) is 2.99. The highest BCUT2D eigenvalue weighted by Crippen LogP contribution is 2.19. The summed E-state index contributed by atoms with van der Waals surface area (Å²) >= 11 is 0. The SMILES string of the molecule is Cc1cccc(C)c1C(=NO)C(=O)Nn1c(C)cc2ccccc21. The van der Waals surface area contributed by atoms with Crippen LogP contribution in [0.3, 0.4) is 0 Å². The molecule has 0 saturated heterocycles. The van der Waals surface area contributed by atoms with Gasteiger partial charge in [-0.3, -0.25) is 14.9 Å². The van der Waals surface area contributed by atoms with Crippen LogP contribution in [0.15, 0.2) is 53.7 Å². The van der Waals surface area contributed by atoms with Gasteiger partial charge in [-0.05, 0) is 44.0 Å². The lowest BCUT2D eigenvalue weighted by Gasteiger charge is -2.14. The molecule has 0 spiro atoms. The number of carbonyl (C=O) groups is 1. The minimum absolute atomic E-state index is 0.00258. The topological polar surface area (TPSA) is 66.6 Å². The lowest BCUT2D eigenvalue weighted by molar-refractivity contribution is -0.111. The Morgan fingerprint density at radius 2 is 1.71 bits per heavy atom. The molecular weight excluding hydrogens is 302 g/mol. The van der Waals surface area contributed by atoms with Gasteiger partial charge in [-0.1, -0.05) is 41.6 Å². The number of fused-ring (bicyclic) bond motifs is 1. The second kappa shape index (κ2) is 6.20. The molecule has 0 unspecified atom stereocenters. The number of amides is 1. The predicted octanol–water partition coefficient (Wildman–Crippen LogP) is 3.52. The fraction of sp³-hybridized carbons (Fsp3) is 0.158. The molecule has 0 atom stereocenters. The Morgan fingerprint density at radius 3 is 2.38 bits per heavy atom. The van der Waals surface area contributed by atoms with E-state index >= 15 is 0 Å². The highest BCUT2D eigenvalue weighted by atomic mass is 16.4. The molecule has 1 amide bonds. The van der Waals surface area contributed by atoms with E-state index in [1.165, 1.54) is 0 Å². The summed E-state index contributed by atoms with van der Waals surface area (Å²) in [7, 11) is 0. The number of carbonyl (C=O) groups excluding carboxylic acids is 1. The van der Waals surface area contributed by atoms with E-state index in [0.717, 1.165) is 27.7 Å². The third kappa shape index (κ3) is 2.65. The minimum atomic E-state index is -0.459.